The number of carbonyl (C=O) groups excluding carboxylic acids is 2. The summed E-state index contributed by atoms with van der Waals surface area (Å²) in [4.78, 5) is 23.6. The molecule has 0 aliphatic rings. The molecule has 0 unspecified atom stereocenters. The Balaban J connectivity index is 0.000000346. The normalized spacial score (nSPS) is 10.4. The third kappa shape index (κ3) is 5.99. The van der Waals surface area contributed by atoms with Crippen LogP contribution in [0.3, 0.4) is 0 Å². The number of ketones is 2. The Morgan fingerprint density at radius 2 is 1.05 bits per heavy atom. The molecular weight excluding hydrogens is 276 g/mol. The van der Waals surface area contributed by atoms with Crippen molar-refractivity contribution in [3.05, 3.63) is 71.8 Å². The number of nitrogens with one attached hydrogen (secondary N) is 1. The van der Waals surface area contributed by atoms with Crippen molar-refractivity contribution in [3.63, 3.8) is 0 Å². The van der Waals surface area contributed by atoms with E-state index in [1.165, 1.54) is 0 Å². The van der Waals surface area contributed by atoms with Crippen molar-refractivity contribution in [2.24, 2.45) is 5.84 Å². The Kier molecular flexibility index (Phi) is 6.63. The summed E-state index contributed by atoms with van der Waals surface area (Å²) in [6.45, 7) is 6.02. The SMILES string of the molecule is CC(C)(C)NN.O=C(C(=O)c1ccccc1)c1ccccc1. The van der Waals surface area contributed by atoms with Crippen molar-refractivity contribution in [2.45, 2.75) is 26.3 Å². The largest absolute Gasteiger partial charge is 0.285 e. The van der Waals surface area contributed by atoms with Gasteiger partial charge in [-0.15, -0.1) is 0 Å². The number of hydrogen-bond donors (Lipinski definition) is 2. The van der Waals surface area contributed by atoms with Crippen molar-refractivity contribution in [1.29, 1.82) is 0 Å². The first kappa shape index (κ1) is 17.8. The Morgan fingerprint density at radius 1 is 0.773 bits per heavy atom. The minimum atomic E-state index is -0.466. The molecule has 0 fully saturated rings. The average Bonchev–Trinajstić information content (AvgIpc) is 2.55. The molecule has 0 saturated heterocycles. The molecule has 4 heteroatoms. The minimum absolute atomic E-state index is 0.0694. The zero-order valence-electron chi connectivity index (χ0n) is 13.2. The van der Waals surface area contributed by atoms with Gasteiger partial charge in [0.1, 0.15) is 0 Å². The second-order valence-corrected chi connectivity index (χ2v) is 5.78. The molecule has 116 valence electrons. The van der Waals surface area contributed by atoms with Gasteiger partial charge in [0.05, 0.1) is 0 Å². The maximum absolute atomic E-state index is 11.8. The number of hydrogen-bond acceptors (Lipinski definition) is 4. The van der Waals surface area contributed by atoms with Crippen LogP contribution in [0.5, 0.6) is 0 Å². The van der Waals surface area contributed by atoms with Crippen molar-refractivity contribution >= 4 is 11.6 Å². The highest BCUT2D eigenvalue weighted by Gasteiger charge is 2.16. The summed E-state index contributed by atoms with van der Waals surface area (Å²) in [5.41, 5.74) is 3.53. The first-order chi connectivity index (χ1) is 10.3. The van der Waals surface area contributed by atoms with Crippen LogP contribution in [-0.2, 0) is 0 Å². The first-order valence-corrected chi connectivity index (χ1v) is 7.02. The molecule has 22 heavy (non-hydrogen) atoms. The zero-order chi connectivity index (χ0) is 16.6. The summed E-state index contributed by atoms with van der Waals surface area (Å²) >= 11 is 0. The van der Waals surface area contributed by atoms with Crippen LogP contribution in [0.25, 0.3) is 0 Å². The van der Waals surface area contributed by atoms with Crippen molar-refractivity contribution < 1.29 is 9.59 Å². The van der Waals surface area contributed by atoms with Crippen LogP contribution in [-0.4, -0.2) is 17.1 Å². The van der Waals surface area contributed by atoms with Crippen LogP contribution in [0.2, 0.25) is 0 Å². The Morgan fingerprint density at radius 3 is 1.27 bits per heavy atom. The summed E-state index contributed by atoms with van der Waals surface area (Å²) in [5.74, 6) is 4.12. The van der Waals surface area contributed by atoms with Gasteiger partial charge in [-0.25, -0.2) is 0 Å². The van der Waals surface area contributed by atoms with E-state index in [1.807, 2.05) is 32.9 Å². The molecule has 2 rings (SSSR count). The number of hydrazine groups is 1. The minimum Gasteiger partial charge on any atom is -0.285 e. The standard InChI is InChI=1S/C14H10O2.C4H12N2/c15-13(11-7-3-1-4-8-11)14(16)12-9-5-2-6-10-12;1-4(2,3)6-5/h1-10H;6H,5H2,1-3H3. The van der Waals surface area contributed by atoms with E-state index in [2.05, 4.69) is 5.43 Å². The van der Waals surface area contributed by atoms with Crippen molar-refractivity contribution in [2.75, 3.05) is 0 Å². The molecule has 0 amide bonds. The third-order valence-electron chi connectivity index (χ3n) is 2.71. The highest BCUT2D eigenvalue weighted by Crippen LogP contribution is 2.07. The van der Waals surface area contributed by atoms with Gasteiger partial charge in [-0.3, -0.25) is 20.9 Å². The van der Waals surface area contributed by atoms with Crippen molar-refractivity contribution in [1.82, 2.24) is 5.43 Å². The predicted octanol–water partition coefficient (Wildman–Crippen LogP) is 3.00. The molecule has 0 saturated carbocycles. The predicted molar refractivity (Wildman–Crippen MR) is 88.6 cm³/mol. The molecule has 0 atom stereocenters. The van der Waals surface area contributed by atoms with E-state index in [9.17, 15) is 9.59 Å². The molecule has 3 N–H and O–H groups in total. The summed E-state index contributed by atoms with van der Waals surface area (Å²) in [7, 11) is 0. The Bertz CT molecular complexity index is 552. The average molecular weight is 298 g/mol. The van der Waals surface area contributed by atoms with E-state index in [-0.39, 0.29) is 5.54 Å². The van der Waals surface area contributed by atoms with Gasteiger partial charge in [-0.05, 0) is 20.8 Å². The highest BCUT2D eigenvalue weighted by molar-refractivity contribution is 6.49. The Labute approximate surface area is 131 Å². The molecule has 2 aromatic rings. The van der Waals surface area contributed by atoms with Gasteiger partial charge in [0, 0.05) is 16.7 Å². The molecule has 4 nitrogen and oxygen atoms in total. The molecule has 0 bridgehead atoms. The number of rotatable bonds is 3. The van der Waals surface area contributed by atoms with Gasteiger partial charge in [-0.2, -0.15) is 0 Å². The van der Waals surface area contributed by atoms with Crippen LogP contribution in [0.4, 0.5) is 0 Å². The maximum atomic E-state index is 11.8. The lowest BCUT2D eigenvalue weighted by Crippen LogP contribution is -2.41. The maximum Gasteiger partial charge on any atom is 0.233 e. The van der Waals surface area contributed by atoms with Gasteiger partial charge in [0.2, 0.25) is 11.6 Å². The quantitative estimate of drug-likeness (QED) is 0.395. The lowest BCUT2D eigenvalue weighted by Gasteiger charge is -2.14. The molecule has 0 heterocycles. The first-order valence-electron chi connectivity index (χ1n) is 7.02. The molecular formula is C18H22N2O2. The third-order valence-corrected chi connectivity index (χ3v) is 2.71. The van der Waals surface area contributed by atoms with E-state index in [0.29, 0.717) is 11.1 Å². The fourth-order valence-electron chi connectivity index (χ4n) is 1.44. The smallest absolute Gasteiger partial charge is 0.233 e. The second kappa shape index (κ2) is 8.22. The molecule has 0 aliphatic heterocycles. The monoisotopic (exact) mass is 298 g/mol. The van der Waals surface area contributed by atoms with Crippen LogP contribution in [0.1, 0.15) is 41.5 Å². The van der Waals surface area contributed by atoms with Gasteiger partial charge >= 0.3 is 0 Å². The van der Waals surface area contributed by atoms with Gasteiger partial charge in [0.25, 0.3) is 0 Å². The Hall–Kier alpha value is -2.30. The lowest BCUT2D eigenvalue weighted by atomic mass is 10.0. The number of carbonyl (C=O) groups is 2. The van der Waals surface area contributed by atoms with E-state index in [1.54, 1.807) is 48.5 Å². The van der Waals surface area contributed by atoms with Crippen LogP contribution in [0, 0.1) is 0 Å². The summed E-state index contributed by atoms with van der Waals surface area (Å²) in [5, 5.41) is 0. The van der Waals surface area contributed by atoms with E-state index in [4.69, 9.17) is 5.84 Å². The molecule has 0 radical (unpaired) electrons. The van der Waals surface area contributed by atoms with E-state index < -0.39 is 11.6 Å². The molecule has 0 spiro atoms. The van der Waals surface area contributed by atoms with Crippen LogP contribution < -0.4 is 11.3 Å². The molecule has 0 aliphatic carbocycles. The number of benzene rings is 2. The van der Waals surface area contributed by atoms with Gasteiger partial charge in [-0.1, -0.05) is 60.7 Å². The summed E-state index contributed by atoms with van der Waals surface area (Å²) in [6.07, 6.45) is 0. The fourth-order valence-corrected chi connectivity index (χ4v) is 1.44. The van der Waals surface area contributed by atoms with Crippen LogP contribution >= 0.6 is 0 Å². The van der Waals surface area contributed by atoms with Crippen LogP contribution in [0.15, 0.2) is 60.7 Å². The van der Waals surface area contributed by atoms with Crippen molar-refractivity contribution in [3.8, 4) is 0 Å². The molecule has 2 aromatic carbocycles. The highest BCUT2D eigenvalue weighted by atomic mass is 16.2. The topological polar surface area (TPSA) is 72.2 Å². The fraction of sp³-hybridized carbons (Fsp3) is 0.222. The lowest BCUT2D eigenvalue weighted by molar-refractivity contribution is 0.0817. The second-order valence-electron chi connectivity index (χ2n) is 5.78. The zero-order valence-corrected chi connectivity index (χ0v) is 13.2. The number of nitrogens with two attached hydrogens (primary N) is 1. The molecule has 0 aromatic heterocycles. The number of Topliss-reactive ketones (excluding diaryl/α,β-unsaturated/α-hetero) is 2. The van der Waals surface area contributed by atoms with Gasteiger partial charge < -0.3 is 0 Å². The summed E-state index contributed by atoms with van der Waals surface area (Å²) < 4.78 is 0. The van der Waals surface area contributed by atoms with Gasteiger partial charge in [0.15, 0.2) is 0 Å². The van der Waals surface area contributed by atoms with E-state index >= 15 is 0 Å². The van der Waals surface area contributed by atoms with E-state index in [0.717, 1.165) is 0 Å². The summed E-state index contributed by atoms with van der Waals surface area (Å²) in [6, 6.07) is 17.2.